The molecule has 216 valence electrons. The maximum atomic E-state index is 13.7. The first-order valence-corrected chi connectivity index (χ1v) is 14.1. The first-order valence-electron chi connectivity index (χ1n) is 13.4. The fourth-order valence-electron chi connectivity index (χ4n) is 5.92. The summed E-state index contributed by atoms with van der Waals surface area (Å²) in [5.74, 6) is -4.36. The minimum atomic E-state index is -0.828. The molecule has 0 N–H and O–H groups in total. The number of nitro groups is 1. The molecule has 0 spiro atoms. The number of hydrogen-bond donors (Lipinski definition) is 0. The number of esters is 1. The van der Waals surface area contributed by atoms with Gasteiger partial charge in [0.1, 0.15) is 12.3 Å². The second-order valence-electron chi connectivity index (χ2n) is 10.5. The van der Waals surface area contributed by atoms with Gasteiger partial charge >= 0.3 is 5.97 Å². The van der Waals surface area contributed by atoms with Crippen LogP contribution in [-0.4, -0.2) is 51.0 Å². The van der Waals surface area contributed by atoms with Crippen LogP contribution < -0.4 is 4.74 Å². The third kappa shape index (κ3) is 5.14. The number of carbonyl (C=O) groups excluding carboxylic acids is 5. The highest BCUT2D eigenvalue weighted by Crippen LogP contribution is 2.52. The molecule has 3 aromatic carbocycles. The SMILES string of the molecule is O=C(CN(C(=O)c1ccc([N+](=O)[O-])cc1)N1C(=O)[C@@H]2[C@@H](C1=O)[C@H]1C=C[C@H]2C1)c1ccc(OC(=O)c2ccc(Br)cc2)cc1. The van der Waals surface area contributed by atoms with Gasteiger partial charge in [-0.25, -0.2) is 9.80 Å². The highest BCUT2D eigenvalue weighted by Gasteiger charge is 2.61. The van der Waals surface area contributed by atoms with Gasteiger partial charge in [0.05, 0.1) is 22.3 Å². The lowest BCUT2D eigenvalue weighted by Gasteiger charge is -2.30. The average Bonchev–Trinajstić information content (AvgIpc) is 3.70. The Bertz CT molecular complexity index is 1670. The molecule has 3 aromatic rings. The van der Waals surface area contributed by atoms with Gasteiger partial charge in [0.2, 0.25) is 0 Å². The summed E-state index contributed by atoms with van der Waals surface area (Å²) in [5.41, 5.74) is 0.195. The summed E-state index contributed by atoms with van der Waals surface area (Å²) < 4.78 is 6.18. The summed E-state index contributed by atoms with van der Waals surface area (Å²) in [6.07, 6.45) is 4.52. The van der Waals surface area contributed by atoms with E-state index in [0.29, 0.717) is 12.0 Å². The summed E-state index contributed by atoms with van der Waals surface area (Å²) in [5, 5.41) is 12.7. The second-order valence-corrected chi connectivity index (χ2v) is 11.4. The monoisotopic (exact) mass is 643 g/mol. The molecular weight excluding hydrogens is 622 g/mol. The van der Waals surface area contributed by atoms with Crippen LogP contribution in [0.5, 0.6) is 5.75 Å². The number of ether oxygens (including phenoxy) is 1. The van der Waals surface area contributed by atoms with Crippen LogP contribution >= 0.6 is 15.9 Å². The van der Waals surface area contributed by atoms with Crippen molar-refractivity contribution in [2.75, 3.05) is 6.54 Å². The number of allylic oxidation sites excluding steroid dienone is 2. The molecule has 2 fully saturated rings. The molecule has 11 nitrogen and oxygen atoms in total. The van der Waals surface area contributed by atoms with Crippen molar-refractivity contribution in [1.29, 1.82) is 0 Å². The van der Waals surface area contributed by atoms with E-state index in [1.54, 1.807) is 24.3 Å². The van der Waals surface area contributed by atoms with Crippen molar-refractivity contribution in [3.63, 3.8) is 0 Å². The normalized spacial score (nSPS) is 21.6. The Morgan fingerprint density at radius 1 is 0.837 bits per heavy atom. The minimum absolute atomic E-state index is 0.0349. The van der Waals surface area contributed by atoms with E-state index in [2.05, 4.69) is 15.9 Å². The maximum Gasteiger partial charge on any atom is 0.343 e. The fourth-order valence-corrected chi connectivity index (χ4v) is 6.19. The predicted octanol–water partition coefficient (Wildman–Crippen LogP) is 4.62. The van der Waals surface area contributed by atoms with E-state index in [1.807, 2.05) is 12.2 Å². The summed E-state index contributed by atoms with van der Waals surface area (Å²) >= 11 is 3.30. The first kappa shape index (κ1) is 28.2. The van der Waals surface area contributed by atoms with Crippen LogP contribution in [0.4, 0.5) is 5.69 Å². The van der Waals surface area contributed by atoms with Crippen molar-refractivity contribution in [3.8, 4) is 5.75 Å². The molecule has 2 bridgehead atoms. The molecule has 4 atom stereocenters. The molecule has 1 heterocycles. The number of non-ortho nitro benzene ring substituents is 1. The summed E-state index contributed by atoms with van der Waals surface area (Å²) in [6, 6.07) is 16.9. The third-order valence-electron chi connectivity index (χ3n) is 8.01. The van der Waals surface area contributed by atoms with E-state index in [-0.39, 0.29) is 34.4 Å². The molecular formula is C31H22BrN3O8. The Morgan fingerprint density at radius 2 is 1.37 bits per heavy atom. The Balaban J connectivity index is 1.24. The molecule has 12 heteroatoms. The van der Waals surface area contributed by atoms with Crippen molar-refractivity contribution in [1.82, 2.24) is 10.0 Å². The number of rotatable bonds is 8. The van der Waals surface area contributed by atoms with Crippen molar-refractivity contribution < 1.29 is 33.6 Å². The van der Waals surface area contributed by atoms with Crippen LogP contribution in [0.25, 0.3) is 0 Å². The fraction of sp³-hybridized carbons (Fsp3) is 0.194. The number of hydrogen-bond acceptors (Lipinski definition) is 8. The highest BCUT2D eigenvalue weighted by molar-refractivity contribution is 9.10. The van der Waals surface area contributed by atoms with E-state index in [0.717, 1.165) is 26.6 Å². The van der Waals surface area contributed by atoms with Gasteiger partial charge in [0, 0.05) is 27.7 Å². The number of benzene rings is 3. The molecule has 1 aliphatic heterocycles. The third-order valence-corrected chi connectivity index (χ3v) is 8.54. The number of Topliss-reactive ketones (excluding diaryl/α,β-unsaturated/α-hetero) is 1. The molecule has 0 aromatic heterocycles. The van der Waals surface area contributed by atoms with E-state index >= 15 is 0 Å². The minimum Gasteiger partial charge on any atom is -0.423 e. The van der Waals surface area contributed by atoms with Crippen molar-refractivity contribution in [3.05, 3.63) is 116 Å². The Kier molecular flexibility index (Phi) is 7.22. The number of hydrazine groups is 1. The lowest BCUT2D eigenvalue weighted by molar-refractivity contribution is -0.384. The Morgan fingerprint density at radius 3 is 1.93 bits per heavy atom. The van der Waals surface area contributed by atoms with Gasteiger partial charge in [0.25, 0.3) is 23.4 Å². The van der Waals surface area contributed by atoms with Crippen molar-refractivity contribution in [2.45, 2.75) is 6.42 Å². The van der Waals surface area contributed by atoms with Crippen LogP contribution in [0.1, 0.15) is 37.5 Å². The number of halogens is 1. The zero-order valence-corrected chi connectivity index (χ0v) is 23.9. The van der Waals surface area contributed by atoms with Gasteiger partial charge in [-0.2, -0.15) is 5.01 Å². The average molecular weight is 644 g/mol. The van der Waals surface area contributed by atoms with Crippen LogP contribution in [0.15, 0.2) is 89.4 Å². The van der Waals surface area contributed by atoms with Crippen LogP contribution in [0.3, 0.4) is 0 Å². The summed E-state index contributed by atoms with van der Waals surface area (Å²) in [7, 11) is 0. The molecule has 1 saturated heterocycles. The lowest BCUT2D eigenvalue weighted by atomic mass is 9.85. The van der Waals surface area contributed by atoms with E-state index < -0.39 is 52.8 Å². The Hall–Kier alpha value is -4.97. The summed E-state index contributed by atoms with van der Waals surface area (Å²) in [4.78, 5) is 77.1. The standard InChI is InChI=1S/C31H22BrN3O8/c32-22-9-3-19(4-10-22)31(40)43-24-13-7-17(8-14-24)25(36)16-33(28(37)18-5-11-23(12-6-18)35(41)42)34-29(38)26-20-1-2-21(15-20)27(26)30(34)39/h1-14,20-21,26-27H,15-16H2/t20-,21-,26-,27-/m0/s1. The van der Waals surface area contributed by atoms with Gasteiger partial charge in [-0.05, 0) is 78.9 Å². The highest BCUT2D eigenvalue weighted by atomic mass is 79.9. The first-order chi connectivity index (χ1) is 20.6. The molecule has 3 aliphatic rings. The molecule has 43 heavy (non-hydrogen) atoms. The van der Waals surface area contributed by atoms with E-state index in [4.69, 9.17) is 4.74 Å². The second kappa shape index (κ2) is 11.0. The van der Waals surface area contributed by atoms with E-state index in [1.165, 1.54) is 36.4 Å². The summed E-state index contributed by atoms with van der Waals surface area (Å²) in [6.45, 7) is -0.645. The zero-order valence-electron chi connectivity index (χ0n) is 22.3. The number of amides is 3. The topological polar surface area (TPSA) is 144 Å². The molecule has 2 aliphatic carbocycles. The zero-order chi connectivity index (χ0) is 30.4. The molecule has 1 saturated carbocycles. The van der Waals surface area contributed by atoms with Gasteiger partial charge in [-0.3, -0.25) is 29.3 Å². The lowest BCUT2D eigenvalue weighted by Crippen LogP contribution is -2.52. The number of nitrogens with zero attached hydrogens (tertiary/aromatic N) is 3. The van der Waals surface area contributed by atoms with Gasteiger partial charge in [-0.1, -0.05) is 28.1 Å². The van der Waals surface area contributed by atoms with Crippen LogP contribution in [0.2, 0.25) is 0 Å². The smallest absolute Gasteiger partial charge is 0.343 e. The molecule has 0 radical (unpaired) electrons. The van der Waals surface area contributed by atoms with Crippen LogP contribution in [-0.2, 0) is 9.59 Å². The number of nitro benzene ring substituents is 1. The van der Waals surface area contributed by atoms with E-state index in [9.17, 15) is 34.1 Å². The van der Waals surface area contributed by atoms with Crippen LogP contribution in [0, 0.1) is 33.8 Å². The quantitative estimate of drug-likeness (QED) is 0.0657. The number of imide groups is 1. The molecule has 0 unspecified atom stereocenters. The largest absolute Gasteiger partial charge is 0.423 e. The van der Waals surface area contributed by atoms with Gasteiger partial charge in [-0.15, -0.1) is 0 Å². The predicted molar refractivity (Wildman–Crippen MR) is 154 cm³/mol. The molecule has 6 rings (SSSR count). The maximum absolute atomic E-state index is 13.7. The Labute approximate surface area is 253 Å². The number of ketones is 1. The molecule has 3 amide bonds. The van der Waals surface area contributed by atoms with Gasteiger partial charge < -0.3 is 4.74 Å². The number of fused-ring (bicyclic) bond motifs is 5. The van der Waals surface area contributed by atoms with Crippen molar-refractivity contribution >= 4 is 51.1 Å². The van der Waals surface area contributed by atoms with Gasteiger partial charge in [0.15, 0.2) is 5.78 Å². The number of carbonyl (C=O) groups is 5. The van der Waals surface area contributed by atoms with Crippen molar-refractivity contribution in [2.24, 2.45) is 23.7 Å².